The van der Waals surface area contributed by atoms with Crippen LogP contribution in [0.1, 0.15) is 219 Å². The zero-order valence-corrected chi connectivity index (χ0v) is 38.9. The predicted octanol–water partition coefficient (Wildman–Crippen LogP) is 12.8. The second-order valence-electron chi connectivity index (χ2n) is 16.3. The van der Waals surface area contributed by atoms with Gasteiger partial charge in [-0.25, -0.2) is 9.36 Å². The number of phosphoric acid groups is 1. The van der Waals surface area contributed by atoms with Gasteiger partial charge in [-0.1, -0.05) is 179 Å². The highest BCUT2D eigenvalue weighted by molar-refractivity contribution is 7.47. The number of aliphatic carboxylic acids is 1. The third kappa shape index (κ3) is 42.4. The molecule has 11 nitrogen and oxygen atoms in total. The summed E-state index contributed by atoms with van der Waals surface area (Å²) in [5, 5.41) is 21.8. The first kappa shape index (κ1) is 57.7. The summed E-state index contributed by atoms with van der Waals surface area (Å²) in [6.07, 6.45) is 47.5. The van der Waals surface area contributed by atoms with Gasteiger partial charge in [0.2, 0.25) is 5.91 Å². The molecular weight excluding hydrogens is 781 g/mol. The topological polar surface area (TPSA) is 169 Å². The molecule has 0 aromatic rings. The van der Waals surface area contributed by atoms with Crippen LogP contribution < -0.4 is 5.32 Å². The highest BCUT2D eigenvalue weighted by Gasteiger charge is 2.28. The third-order valence-electron chi connectivity index (χ3n) is 10.4. The fourth-order valence-corrected chi connectivity index (χ4v) is 7.42. The van der Waals surface area contributed by atoms with Gasteiger partial charge in [-0.3, -0.25) is 18.6 Å². The smallest absolute Gasteiger partial charge is 0.472 e. The number of unbranched alkanes of at least 4 members (excludes halogenated alkanes) is 25. The van der Waals surface area contributed by atoms with E-state index in [2.05, 4.69) is 55.6 Å². The first-order chi connectivity index (χ1) is 29.1. The summed E-state index contributed by atoms with van der Waals surface area (Å²) >= 11 is 0. The molecular formula is C48H88NO10P. The van der Waals surface area contributed by atoms with Crippen LogP contribution in [0.5, 0.6) is 0 Å². The van der Waals surface area contributed by atoms with Crippen LogP contribution in [0.3, 0.4) is 0 Å². The van der Waals surface area contributed by atoms with Crippen LogP contribution in [0, 0.1) is 0 Å². The Balaban J connectivity index is 3.80. The lowest BCUT2D eigenvalue weighted by Gasteiger charge is -2.18. The molecule has 0 spiro atoms. The predicted molar refractivity (Wildman–Crippen MR) is 245 cm³/mol. The number of carboxylic acid groups (broad SMARTS) is 1. The minimum atomic E-state index is -4.76. The van der Waals surface area contributed by atoms with Gasteiger partial charge in [0.1, 0.15) is 12.7 Å². The van der Waals surface area contributed by atoms with Crippen molar-refractivity contribution < 1.29 is 47.8 Å². The quantitative estimate of drug-likeness (QED) is 0.0200. The SMILES string of the molecule is CCC/C=C\C/C=C\CCCCCCCC(=O)NC(COP(=O)(O)OCC(O)COC(=O)CCCCCCCCCCCCCCC/C=C/CCCCCCCC)C(=O)O. The van der Waals surface area contributed by atoms with E-state index in [9.17, 15) is 34.1 Å². The van der Waals surface area contributed by atoms with Gasteiger partial charge in [-0.15, -0.1) is 0 Å². The molecule has 1 amide bonds. The average molecular weight is 870 g/mol. The van der Waals surface area contributed by atoms with Gasteiger partial charge in [0.25, 0.3) is 0 Å². The van der Waals surface area contributed by atoms with E-state index in [1.54, 1.807) is 0 Å². The molecule has 0 rings (SSSR count). The molecule has 3 atom stereocenters. The van der Waals surface area contributed by atoms with Crippen molar-refractivity contribution in [1.82, 2.24) is 5.32 Å². The summed E-state index contributed by atoms with van der Waals surface area (Å²) < 4.78 is 26.9. The van der Waals surface area contributed by atoms with Crippen molar-refractivity contribution in [2.24, 2.45) is 0 Å². The molecule has 0 aliphatic carbocycles. The second-order valence-corrected chi connectivity index (χ2v) is 17.7. The normalized spacial score (nSPS) is 13.9. The highest BCUT2D eigenvalue weighted by atomic mass is 31.2. The summed E-state index contributed by atoms with van der Waals surface area (Å²) in [4.78, 5) is 45.9. The van der Waals surface area contributed by atoms with Crippen LogP contribution in [0.2, 0.25) is 0 Å². The molecule has 3 unspecified atom stereocenters. The van der Waals surface area contributed by atoms with E-state index >= 15 is 0 Å². The summed E-state index contributed by atoms with van der Waals surface area (Å²) in [5.74, 6) is -2.39. The number of rotatable bonds is 45. The standard InChI is InChI=1S/C48H88NO10P/c1-3-5-7-9-11-13-15-17-18-19-20-21-22-23-24-25-26-28-30-32-34-36-38-40-47(52)57-41-44(50)42-58-60(55,56)59-43-45(48(53)54)49-46(51)39-37-35-33-31-29-27-16-14-12-10-8-6-4-2/h8,10,14,16-18,44-45,50H,3-7,9,11-13,15,19-43H2,1-2H3,(H,49,51)(H,53,54)(H,55,56)/b10-8-,16-14-,18-17+. The zero-order valence-electron chi connectivity index (χ0n) is 38.0. The Bertz CT molecular complexity index is 1160. The molecule has 0 aliphatic rings. The lowest BCUT2D eigenvalue weighted by Crippen LogP contribution is -2.43. The number of phosphoric ester groups is 1. The van der Waals surface area contributed by atoms with Crippen molar-refractivity contribution in [3.05, 3.63) is 36.5 Å². The van der Waals surface area contributed by atoms with E-state index in [1.165, 1.54) is 109 Å². The number of allylic oxidation sites excluding steroid dienone is 6. The molecule has 0 aliphatic heterocycles. The fourth-order valence-electron chi connectivity index (χ4n) is 6.64. The Labute approximate surface area is 365 Å². The number of aliphatic hydroxyl groups is 1. The molecule has 350 valence electrons. The number of nitrogens with one attached hydrogen (secondary N) is 1. The minimum absolute atomic E-state index is 0.129. The Hall–Kier alpha value is -2.30. The number of esters is 1. The Kier molecular flexibility index (Phi) is 41.7. The Morgan fingerprint density at radius 1 is 0.533 bits per heavy atom. The summed E-state index contributed by atoms with van der Waals surface area (Å²) in [7, 11) is -4.76. The van der Waals surface area contributed by atoms with Crippen LogP contribution >= 0.6 is 7.82 Å². The maximum Gasteiger partial charge on any atom is 0.472 e. The van der Waals surface area contributed by atoms with Crippen LogP contribution in [0.15, 0.2) is 36.5 Å². The van der Waals surface area contributed by atoms with E-state index in [1.807, 2.05) is 0 Å². The largest absolute Gasteiger partial charge is 0.480 e. The van der Waals surface area contributed by atoms with E-state index in [-0.39, 0.29) is 12.8 Å². The molecule has 0 bridgehead atoms. The summed E-state index contributed by atoms with van der Waals surface area (Å²) in [5.41, 5.74) is 0. The monoisotopic (exact) mass is 870 g/mol. The van der Waals surface area contributed by atoms with Crippen molar-refractivity contribution in [3.8, 4) is 0 Å². The van der Waals surface area contributed by atoms with Gasteiger partial charge < -0.3 is 25.2 Å². The lowest BCUT2D eigenvalue weighted by molar-refractivity contribution is -0.147. The maximum atomic E-state index is 12.3. The number of aliphatic hydroxyl groups excluding tert-OH is 1. The highest BCUT2D eigenvalue weighted by Crippen LogP contribution is 2.43. The second kappa shape index (κ2) is 43.4. The van der Waals surface area contributed by atoms with Crippen molar-refractivity contribution in [3.63, 3.8) is 0 Å². The lowest BCUT2D eigenvalue weighted by atomic mass is 10.0. The van der Waals surface area contributed by atoms with Gasteiger partial charge in [0, 0.05) is 12.8 Å². The van der Waals surface area contributed by atoms with Crippen LogP contribution in [-0.2, 0) is 32.7 Å². The van der Waals surface area contributed by atoms with Crippen molar-refractivity contribution in [2.75, 3.05) is 19.8 Å². The van der Waals surface area contributed by atoms with Crippen molar-refractivity contribution in [1.29, 1.82) is 0 Å². The van der Waals surface area contributed by atoms with Crippen molar-refractivity contribution in [2.45, 2.75) is 231 Å². The number of carboxylic acids is 1. The number of ether oxygens (including phenoxy) is 1. The van der Waals surface area contributed by atoms with Gasteiger partial charge in [0.05, 0.1) is 13.2 Å². The van der Waals surface area contributed by atoms with E-state index in [0.29, 0.717) is 12.8 Å². The Morgan fingerprint density at radius 3 is 1.43 bits per heavy atom. The van der Waals surface area contributed by atoms with E-state index < -0.39 is 57.6 Å². The number of hydrogen-bond acceptors (Lipinski definition) is 8. The van der Waals surface area contributed by atoms with Crippen LogP contribution in [0.4, 0.5) is 0 Å². The van der Waals surface area contributed by atoms with E-state index in [0.717, 1.165) is 70.6 Å². The fraction of sp³-hybridized carbons (Fsp3) is 0.812. The average Bonchev–Trinajstić information content (AvgIpc) is 3.22. The molecule has 4 N–H and O–H groups in total. The molecule has 0 saturated heterocycles. The Morgan fingerprint density at radius 2 is 0.950 bits per heavy atom. The summed E-state index contributed by atoms with van der Waals surface area (Å²) in [6, 6.07) is -1.55. The zero-order chi connectivity index (χ0) is 44.2. The molecule has 12 heteroatoms. The van der Waals surface area contributed by atoms with Crippen LogP contribution in [0.25, 0.3) is 0 Å². The molecule has 0 saturated carbocycles. The van der Waals surface area contributed by atoms with Gasteiger partial charge in [0.15, 0.2) is 6.04 Å². The minimum Gasteiger partial charge on any atom is -0.480 e. The van der Waals surface area contributed by atoms with E-state index in [4.69, 9.17) is 13.8 Å². The first-order valence-electron chi connectivity index (χ1n) is 24.0. The molecule has 60 heavy (non-hydrogen) atoms. The molecule has 0 aromatic carbocycles. The molecule has 0 radical (unpaired) electrons. The maximum absolute atomic E-state index is 12.3. The number of carbonyl (C=O) groups is 3. The molecule has 0 aromatic heterocycles. The third-order valence-corrected chi connectivity index (χ3v) is 11.3. The van der Waals surface area contributed by atoms with Crippen LogP contribution in [-0.4, -0.2) is 64.9 Å². The number of carbonyl (C=O) groups excluding carboxylic acids is 2. The first-order valence-corrected chi connectivity index (χ1v) is 25.5. The van der Waals surface area contributed by atoms with Crippen molar-refractivity contribution >= 4 is 25.7 Å². The molecule has 0 fully saturated rings. The number of amides is 1. The number of hydrogen-bond donors (Lipinski definition) is 4. The summed E-state index contributed by atoms with van der Waals surface area (Å²) in [6.45, 7) is 2.53. The molecule has 0 heterocycles. The van der Waals surface area contributed by atoms with Gasteiger partial charge in [-0.05, 0) is 64.2 Å². The van der Waals surface area contributed by atoms with Gasteiger partial charge in [-0.2, -0.15) is 0 Å². The van der Waals surface area contributed by atoms with Gasteiger partial charge >= 0.3 is 19.8 Å².